The highest BCUT2D eigenvalue weighted by Gasteiger charge is 2.24. The zero-order valence-corrected chi connectivity index (χ0v) is 16.2. The molecule has 1 amide bonds. The van der Waals surface area contributed by atoms with Gasteiger partial charge in [-0.15, -0.1) is 0 Å². The van der Waals surface area contributed by atoms with E-state index in [2.05, 4.69) is 10.3 Å². The number of aromatic nitrogens is 1. The number of rotatable bonds is 6. The summed E-state index contributed by atoms with van der Waals surface area (Å²) in [4.78, 5) is 28.8. The second kappa shape index (κ2) is 8.15. The number of carbonyl (C=O) groups excluding carboxylic acids is 2. The summed E-state index contributed by atoms with van der Waals surface area (Å²) in [5.41, 5.74) is 4.18. The van der Waals surface area contributed by atoms with Gasteiger partial charge in [-0.3, -0.25) is 9.59 Å². The number of nitrogens with one attached hydrogen (secondary N) is 2. The van der Waals surface area contributed by atoms with Gasteiger partial charge >= 0.3 is 0 Å². The molecule has 4 heteroatoms. The van der Waals surface area contributed by atoms with Crippen LogP contribution in [-0.4, -0.2) is 23.2 Å². The number of amides is 1. The van der Waals surface area contributed by atoms with Gasteiger partial charge in [-0.25, -0.2) is 0 Å². The van der Waals surface area contributed by atoms with Crippen LogP contribution in [0.3, 0.4) is 0 Å². The molecule has 0 atom stereocenters. The van der Waals surface area contributed by atoms with Crippen molar-refractivity contribution in [3.05, 3.63) is 107 Å². The van der Waals surface area contributed by atoms with Gasteiger partial charge in [-0.2, -0.15) is 0 Å². The maximum absolute atomic E-state index is 12.9. The quantitative estimate of drug-likeness (QED) is 0.378. The number of hydrogen-bond acceptors (Lipinski definition) is 2. The van der Waals surface area contributed by atoms with Crippen molar-refractivity contribution in [3.63, 3.8) is 0 Å². The highest BCUT2D eigenvalue weighted by atomic mass is 16.2. The molecule has 0 saturated carbocycles. The molecule has 4 rings (SSSR count). The molecule has 0 fully saturated rings. The summed E-state index contributed by atoms with van der Waals surface area (Å²) in [5.74, 6) is -1.13. The lowest BCUT2D eigenvalue weighted by molar-refractivity contribution is -0.117. The number of hydrogen-bond donors (Lipinski definition) is 2. The smallest absolute Gasteiger partial charge is 0.292 e. The third-order valence-corrected chi connectivity index (χ3v) is 5.20. The van der Waals surface area contributed by atoms with Crippen LogP contribution in [0.2, 0.25) is 0 Å². The van der Waals surface area contributed by atoms with E-state index in [9.17, 15) is 9.59 Å². The van der Waals surface area contributed by atoms with Crippen molar-refractivity contribution in [2.75, 3.05) is 6.54 Å². The van der Waals surface area contributed by atoms with Crippen LogP contribution in [0.5, 0.6) is 0 Å². The van der Waals surface area contributed by atoms with Gasteiger partial charge in [0.15, 0.2) is 0 Å². The molecule has 0 aliphatic heterocycles. The monoisotopic (exact) mass is 382 g/mol. The number of aromatic amines is 1. The minimum Gasteiger partial charge on any atom is -0.358 e. The first-order valence-electron chi connectivity index (χ1n) is 9.65. The average molecular weight is 382 g/mol. The van der Waals surface area contributed by atoms with Crippen molar-refractivity contribution >= 4 is 22.6 Å². The van der Waals surface area contributed by atoms with E-state index in [1.165, 1.54) is 0 Å². The van der Waals surface area contributed by atoms with Gasteiger partial charge in [0.05, 0.1) is 5.56 Å². The standard InChI is InChI=1S/C25H22N2O2/c1-17-23(20-14-8-9-15-22(20)27-17)24(28)25(29)26-16-21(18-10-4-2-5-11-18)19-12-6-3-7-13-19/h2-15,21,27H,16H2,1H3,(H,26,29). The number of aryl methyl sites for hydroxylation is 1. The lowest BCUT2D eigenvalue weighted by Gasteiger charge is -2.18. The van der Waals surface area contributed by atoms with Gasteiger partial charge in [0.2, 0.25) is 0 Å². The highest BCUT2D eigenvalue weighted by molar-refractivity contribution is 6.45. The zero-order valence-electron chi connectivity index (χ0n) is 16.2. The van der Waals surface area contributed by atoms with Crippen LogP contribution >= 0.6 is 0 Å². The molecule has 4 aromatic rings. The fourth-order valence-electron chi connectivity index (χ4n) is 3.76. The van der Waals surface area contributed by atoms with Crippen LogP contribution < -0.4 is 5.32 Å². The largest absolute Gasteiger partial charge is 0.358 e. The van der Waals surface area contributed by atoms with Gasteiger partial charge in [0, 0.05) is 29.1 Å². The molecule has 0 aliphatic rings. The number of Topliss-reactive ketones (excluding diaryl/α,β-unsaturated/α-hetero) is 1. The number of carbonyl (C=O) groups is 2. The number of benzene rings is 3. The number of fused-ring (bicyclic) bond motifs is 1. The molecule has 2 N–H and O–H groups in total. The first-order valence-corrected chi connectivity index (χ1v) is 9.65. The Hall–Kier alpha value is -3.66. The normalized spacial score (nSPS) is 11.0. The van der Waals surface area contributed by atoms with Gasteiger partial charge < -0.3 is 10.3 Å². The Morgan fingerprint density at radius 2 is 1.38 bits per heavy atom. The first kappa shape index (κ1) is 18.7. The van der Waals surface area contributed by atoms with Crippen molar-refractivity contribution in [2.45, 2.75) is 12.8 Å². The molecular formula is C25H22N2O2. The van der Waals surface area contributed by atoms with E-state index in [0.29, 0.717) is 17.8 Å². The average Bonchev–Trinajstić information content (AvgIpc) is 3.10. The van der Waals surface area contributed by atoms with Crippen LogP contribution in [-0.2, 0) is 4.79 Å². The van der Waals surface area contributed by atoms with Crippen molar-refractivity contribution in [3.8, 4) is 0 Å². The molecule has 0 saturated heterocycles. The van der Waals surface area contributed by atoms with E-state index in [4.69, 9.17) is 0 Å². The van der Waals surface area contributed by atoms with E-state index in [1.807, 2.05) is 91.9 Å². The Labute approximate surface area is 169 Å². The topological polar surface area (TPSA) is 62.0 Å². The van der Waals surface area contributed by atoms with Crippen LogP contribution in [0, 0.1) is 6.92 Å². The van der Waals surface area contributed by atoms with E-state index in [0.717, 1.165) is 22.0 Å². The Morgan fingerprint density at radius 3 is 2.00 bits per heavy atom. The molecule has 0 aliphatic carbocycles. The maximum atomic E-state index is 12.9. The van der Waals surface area contributed by atoms with Crippen LogP contribution in [0.15, 0.2) is 84.9 Å². The van der Waals surface area contributed by atoms with E-state index >= 15 is 0 Å². The zero-order chi connectivity index (χ0) is 20.2. The lowest BCUT2D eigenvalue weighted by Crippen LogP contribution is -2.34. The predicted molar refractivity (Wildman–Crippen MR) is 115 cm³/mol. The number of ketones is 1. The van der Waals surface area contributed by atoms with Crippen molar-refractivity contribution in [1.82, 2.24) is 10.3 Å². The molecule has 29 heavy (non-hydrogen) atoms. The summed E-state index contributed by atoms with van der Waals surface area (Å²) in [7, 11) is 0. The van der Waals surface area contributed by atoms with Crippen LogP contribution in [0.1, 0.15) is 33.1 Å². The molecule has 3 aromatic carbocycles. The van der Waals surface area contributed by atoms with E-state index < -0.39 is 11.7 Å². The summed E-state index contributed by atoms with van der Waals surface area (Å²) in [6.07, 6.45) is 0. The first-order chi connectivity index (χ1) is 14.1. The minimum atomic E-state index is -0.588. The maximum Gasteiger partial charge on any atom is 0.292 e. The molecule has 0 unspecified atom stereocenters. The molecule has 0 spiro atoms. The molecular weight excluding hydrogens is 360 g/mol. The molecule has 4 nitrogen and oxygen atoms in total. The van der Waals surface area contributed by atoms with E-state index in [-0.39, 0.29) is 5.92 Å². The molecule has 0 bridgehead atoms. The van der Waals surface area contributed by atoms with Crippen molar-refractivity contribution in [1.29, 1.82) is 0 Å². The highest BCUT2D eigenvalue weighted by Crippen LogP contribution is 2.25. The molecule has 1 heterocycles. The Morgan fingerprint density at radius 1 is 0.828 bits per heavy atom. The summed E-state index contributed by atoms with van der Waals surface area (Å²) in [5, 5.41) is 3.63. The lowest BCUT2D eigenvalue weighted by atomic mass is 9.91. The summed E-state index contributed by atoms with van der Waals surface area (Å²) in [6, 6.07) is 27.5. The second-order valence-electron chi connectivity index (χ2n) is 7.08. The summed E-state index contributed by atoms with van der Waals surface area (Å²) in [6.45, 7) is 2.16. The molecule has 144 valence electrons. The second-order valence-corrected chi connectivity index (χ2v) is 7.08. The number of H-pyrrole nitrogens is 1. The van der Waals surface area contributed by atoms with Crippen LogP contribution in [0.4, 0.5) is 0 Å². The fourth-order valence-corrected chi connectivity index (χ4v) is 3.76. The number of para-hydroxylation sites is 1. The summed E-state index contributed by atoms with van der Waals surface area (Å²) < 4.78 is 0. The van der Waals surface area contributed by atoms with Gasteiger partial charge in [0.25, 0.3) is 11.7 Å². The fraction of sp³-hybridized carbons (Fsp3) is 0.120. The third kappa shape index (κ3) is 3.83. The van der Waals surface area contributed by atoms with Crippen LogP contribution in [0.25, 0.3) is 10.9 Å². The minimum absolute atomic E-state index is 0.0294. The Bertz CT molecular complexity index is 1110. The third-order valence-electron chi connectivity index (χ3n) is 5.20. The van der Waals surface area contributed by atoms with Crippen molar-refractivity contribution in [2.24, 2.45) is 0 Å². The predicted octanol–water partition coefficient (Wildman–Crippen LogP) is 4.61. The van der Waals surface area contributed by atoms with Crippen molar-refractivity contribution < 1.29 is 9.59 Å². The van der Waals surface area contributed by atoms with Gasteiger partial charge in [-0.1, -0.05) is 78.9 Å². The molecule has 0 radical (unpaired) electrons. The Kier molecular flexibility index (Phi) is 5.25. The summed E-state index contributed by atoms with van der Waals surface area (Å²) >= 11 is 0. The van der Waals surface area contributed by atoms with Gasteiger partial charge in [0.1, 0.15) is 0 Å². The van der Waals surface area contributed by atoms with E-state index in [1.54, 1.807) is 0 Å². The molecule has 1 aromatic heterocycles. The Balaban J connectivity index is 1.57. The SMILES string of the molecule is Cc1[nH]c2ccccc2c1C(=O)C(=O)NCC(c1ccccc1)c1ccccc1. The van der Waals surface area contributed by atoms with Gasteiger partial charge in [-0.05, 0) is 24.1 Å².